The van der Waals surface area contributed by atoms with E-state index in [1.54, 1.807) is 0 Å². The van der Waals surface area contributed by atoms with Gasteiger partial charge in [0.05, 0.1) is 11.0 Å². The van der Waals surface area contributed by atoms with E-state index in [2.05, 4.69) is 29.2 Å². The monoisotopic (exact) mass is 230 g/mol. The quantitative estimate of drug-likeness (QED) is 0.689. The fraction of sp³-hybridized carbons (Fsp3) is 0.385. The molecule has 1 aromatic carbocycles. The van der Waals surface area contributed by atoms with Gasteiger partial charge in [-0.15, -0.1) is 0 Å². The fourth-order valence-corrected chi connectivity index (χ4v) is 2.79. The first-order valence-electron chi connectivity index (χ1n) is 5.76. The number of benzene rings is 1. The van der Waals surface area contributed by atoms with Crippen molar-refractivity contribution >= 4 is 23.0 Å². The molecule has 2 aliphatic heterocycles. The molecule has 3 rings (SSSR count). The molecule has 1 aromatic rings. The molecule has 2 aliphatic rings. The fourth-order valence-electron chi connectivity index (χ4n) is 2.43. The highest BCUT2D eigenvalue weighted by molar-refractivity contribution is 7.80. The van der Waals surface area contributed by atoms with Gasteiger partial charge in [0.2, 0.25) is 0 Å². The van der Waals surface area contributed by atoms with Gasteiger partial charge in [0.15, 0.2) is 0 Å². The van der Waals surface area contributed by atoms with E-state index in [9.17, 15) is 0 Å². The molecule has 16 heavy (non-hydrogen) atoms. The Morgan fingerprint density at radius 3 is 2.88 bits per heavy atom. The molecular weight excluding hydrogens is 216 g/mol. The maximum absolute atomic E-state index is 5.47. The summed E-state index contributed by atoms with van der Waals surface area (Å²) in [5, 5.41) is 0. The van der Waals surface area contributed by atoms with Crippen molar-refractivity contribution in [1.82, 2.24) is 4.90 Å². The predicted molar refractivity (Wildman–Crippen MR) is 69.8 cm³/mol. The Hall–Kier alpha value is -1.22. The summed E-state index contributed by atoms with van der Waals surface area (Å²) in [5.41, 5.74) is 1.28. The number of thiocarbonyl (C=S) groups is 1. The Morgan fingerprint density at radius 2 is 2.06 bits per heavy atom. The van der Waals surface area contributed by atoms with Crippen LogP contribution in [-0.4, -0.2) is 22.3 Å². The third kappa shape index (κ3) is 1.65. The molecule has 0 saturated carbocycles. The van der Waals surface area contributed by atoms with Gasteiger partial charge in [-0.1, -0.05) is 42.5 Å². The van der Waals surface area contributed by atoms with Crippen molar-refractivity contribution in [2.45, 2.75) is 25.3 Å². The second-order valence-electron chi connectivity index (χ2n) is 4.32. The van der Waals surface area contributed by atoms with E-state index in [1.807, 2.05) is 6.07 Å². The van der Waals surface area contributed by atoms with Gasteiger partial charge in [0, 0.05) is 19.4 Å². The van der Waals surface area contributed by atoms with Crippen LogP contribution < -0.4 is 0 Å². The molecule has 3 heteroatoms. The lowest BCUT2D eigenvalue weighted by Crippen LogP contribution is -2.35. The molecule has 2 nitrogen and oxygen atoms in total. The molecular formula is C13H14N2S. The number of nitrogens with zero attached hydrogens (tertiary/aromatic N) is 2. The van der Waals surface area contributed by atoms with Crippen molar-refractivity contribution in [3.8, 4) is 0 Å². The highest BCUT2D eigenvalue weighted by Crippen LogP contribution is 2.30. The van der Waals surface area contributed by atoms with Gasteiger partial charge in [0.1, 0.15) is 5.84 Å². The molecule has 1 fully saturated rings. The smallest absolute Gasteiger partial charge is 0.105 e. The van der Waals surface area contributed by atoms with Crippen LogP contribution in [0.15, 0.2) is 35.3 Å². The summed E-state index contributed by atoms with van der Waals surface area (Å²) in [6.45, 7) is 1.07. The second kappa shape index (κ2) is 3.98. The highest BCUT2D eigenvalue weighted by atomic mass is 32.1. The Morgan fingerprint density at radius 1 is 1.25 bits per heavy atom. The zero-order valence-electron chi connectivity index (χ0n) is 9.10. The van der Waals surface area contributed by atoms with Crippen molar-refractivity contribution in [3.05, 3.63) is 35.9 Å². The number of aliphatic imine (C=N–C) groups is 1. The van der Waals surface area contributed by atoms with E-state index < -0.39 is 0 Å². The Kier molecular flexibility index (Phi) is 2.48. The van der Waals surface area contributed by atoms with E-state index in [4.69, 9.17) is 17.2 Å². The summed E-state index contributed by atoms with van der Waals surface area (Å²) >= 11 is 5.47. The van der Waals surface area contributed by atoms with Gasteiger partial charge < -0.3 is 4.90 Å². The van der Waals surface area contributed by atoms with E-state index in [0.29, 0.717) is 0 Å². The topological polar surface area (TPSA) is 15.6 Å². The number of fused-ring (bicyclic) bond motifs is 1. The molecule has 0 amide bonds. The van der Waals surface area contributed by atoms with Crippen LogP contribution in [0.1, 0.15) is 30.9 Å². The molecule has 1 atom stereocenters. The largest absolute Gasteiger partial charge is 0.324 e. The lowest BCUT2D eigenvalue weighted by atomic mass is 10.0. The van der Waals surface area contributed by atoms with Gasteiger partial charge in [0.25, 0.3) is 0 Å². The minimum Gasteiger partial charge on any atom is -0.324 e. The van der Waals surface area contributed by atoms with Crippen molar-refractivity contribution in [2.24, 2.45) is 4.99 Å². The van der Waals surface area contributed by atoms with Gasteiger partial charge in [-0.3, -0.25) is 4.99 Å². The Balaban J connectivity index is 1.94. The van der Waals surface area contributed by atoms with Gasteiger partial charge in [-0.25, -0.2) is 0 Å². The first kappa shape index (κ1) is 9.97. The molecule has 0 aromatic heterocycles. The van der Waals surface area contributed by atoms with E-state index >= 15 is 0 Å². The van der Waals surface area contributed by atoms with Crippen LogP contribution in [0.4, 0.5) is 0 Å². The highest BCUT2D eigenvalue weighted by Gasteiger charge is 2.29. The van der Waals surface area contributed by atoms with Crippen LogP contribution in [0.3, 0.4) is 0 Å². The lowest BCUT2D eigenvalue weighted by Gasteiger charge is -2.28. The minimum absolute atomic E-state index is 0.248. The third-order valence-electron chi connectivity index (χ3n) is 3.25. The van der Waals surface area contributed by atoms with E-state index in [0.717, 1.165) is 24.4 Å². The maximum atomic E-state index is 5.47. The van der Waals surface area contributed by atoms with Gasteiger partial charge >= 0.3 is 0 Å². The van der Waals surface area contributed by atoms with Gasteiger partial charge in [-0.05, 0) is 12.0 Å². The zero-order valence-corrected chi connectivity index (χ0v) is 9.91. The van der Waals surface area contributed by atoms with Gasteiger partial charge in [-0.2, -0.15) is 0 Å². The average Bonchev–Trinajstić information content (AvgIpc) is 2.79. The SMILES string of the molecule is S=C1CC(c2ccccc2)N=C2CCCN12. The summed E-state index contributed by atoms with van der Waals surface area (Å²) < 4.78 is 0. The van der Waals surface area contributed by atoms with Crippen LogP contribution in [0.5, 0.6) is 0 Å². The molecule has 0 radical (unpaired) electrons. The summed E-state index contributed by atoms with van der Waals surface area (Å²) in [7, 11) is 0. The van der Waals surface area contributed by atoms with Crippen molar-refractivity contribution in [2.75, 3.05) is 6.54 Å². The van der Waals surface area contributed by atoms with E-state index in [-0.39, 0.29) is 6.04 Å². The Labute approximate surface area is 101 Å². The molecule has 0 bridgehead atoms. The van der Waals surface area contributed by atoms with Crippen LogP contribution in [0.25, 0.3) is 0 Å². The van der Waals surface area contributed by atoms with Crippen LogP contribution in [-0.2, 0) is 0 Å². The molecule has 1 unspecified atom stereocenters. The van der Waals surface area contributed by atoms with Crippen LogP contribution in [0.2, 0.25) is 0 Å². The number of hydrogen-bond donors (Lipinski definition) is 0. The number of hydrogen-bond acceptors (Lipinski definition) is 2. The number of amidine groups is 1. The first-order chi connectivity index (χ1) is 7.84. The molecule has 0 N–H and O–H groups in total. The van der Waals surface area contributed by atoms with Crippen molar-refractivity contribution < 1.29 is 0 Å². The normalized spacial score (nSPS) is 24.2. The zero-order chi connectivity index (χ0) is 11.0. The molecule has 0 aliphatic carbocycles. The molecule has 82 valence electrons. The van der Waals surface area contributed by atoms with Crippen LogP contribution >= 0.6 is 12.2 Å². The summed E-state index contributed by atoms with van der Waals surface area (Å²) in [5.74, 6) is 1.20. The summed E-state index contributed by atoms with van der Waals surface area (Å²) in [4.78, 5) is 8.10. The molecule has 1 saturated heterocycles. The summed E-state index contributed by atoms with van der Waals surface area (Å²) in [6, 6.07) is 10.7. The number of rotatable bonds is 1. The molecule has 0 spiro atoms. The maximum Gasteiger partial charge on any atom is 0.105 e. The first-order valence-corrected chi connectivity index (χ1v) is 6.17. The van der Waals surface area contributed by atoms with Crippen molar-refractivity contribution in [3.63, 3.8) is 0 Å². The Bertz CT molecular complexity index is 439. The predicted octanol–water partition coefficient (Wildman–Crippen LogP) is 2.95. The minimum atomic E-state index is 0.248. The van der Waals surface area contributed by atoms with Crippen LogP contribution in [0, 0.1) is 0 Å². The standard InChI is InChI=1S/C13H14N2S/c16-13-9-11(10-5-2-1-3-6-10)14-12-7-4-8-15(12)13/h1-3,5-6,11H,4,7-9H2. The molecule has 2 heterocycles. The van der Waals surface area contributed by atoms with E-state index in [1.165, 1.54) is 17.8 Å². The second-order valence-corrected chi connectivity index (χ2v) is 4.80. The average molecular weight is 230 g/mol. The lowest BCUT2D eigenvalue weighted by molar-refractivity contribution is 0.592. The summed E-state index contributed by atoms with van der Waals surface area (Å²) in [6.07, 6.45) is 3.17. The van der Waals surface area contributed by atoms with Crippen molar-refractivity contribution in [1.29, 1.82) is 0 Å². The third-order valence-corrected chi connectivity index (χ3v) is 3.64.